The van der Waals surface area contributed by atoms with Gasteiger partial charge in [0.15, 0.2) is 0 Å². The van der Waals surface area contributed by atoms with Crippen LogP contribution in [0.2, 0.25) is 0 Å². The second kappa shape index (κ2) is 7.26. The van der Waals surface area contributed by atoms with Crippen LogP contribution in [0.1, 0.15) is 35.5 Å². The van der Waals surface area contributed by atoms with Crippen molar-refractivity contribution >= 4 is 33.2 Å². The molecule has 18 heavy (non-hydrogen) atoms. The van der Waals surface area contributed by atoms with Crippen LogP contribution in [-0.2, 0) is 0 Å². The van der Waals surface area contributed by atoms with E-state index in [0.29, 0.717) is 6.04 Å². The van der Waals surface area contributed by atoms with Gasteiger partial charge in [-0.15, -0.1) is 11.3 Å². The molecular formula is C13H21BrN2OS. The number of amides is 1. The molecule has 0 radical (unpaired) electrons. The van der Waals surface area contributed by atoms with Crippen molar-refractivity contribution in [1.29, 1.82) is 0 Å². The smallest absolute Gasteiger partial charge is 0.261 e. The van der Waals surface area contributed by atoms with Gasteiger partial charge < -0.3 is 10.2 Å². The molecular weight excluding hydrogens is 312 g/mol. The third-order valence-corrected chi connectivity index (χ3v) is 5.07. The Bertz CT molecular complexity index is 384. The maximum atomic E-state index is 11.9. The van der Waals surface area contributed by atoms with Crippen molar-refractivity contribution in [3.63, 3.8) is 0 Å². The normalized spacial score (nSPS) is 11.3. The first-order chi connectivity index (χ1) is 8.41. The number of hydrogen-bond donors (Lipinski definition) is 1. The minimum absolute atomic E-state index is 0.0287. The van der Waals surface area contributed by atoms with Gasteiger partial charge in [-0.3, -0.25) is 4.79 Å². The number of aryl methyl sites for hydroxylation is 1. The highest BCUT2D eigenvalue weighted by Crippen LogP contribution is 2.27. The summed E-state index contributed by atoms with van der Waals surface area (Å²) in [6.07, 6.45) is 0.978. The molecule has 0 atom stereocenters. The first-order valence-corrected chi connectivity index (χ1v) is 7.77. The number of halogens is 1. The van der Waals surface area contributed by atoms with E-state index in [0.717, 1.165) is 33.7 Å². The minimum Gasteiger partial charge on any atom is -0.351 e. The Morgan fingerprint density at radius 1 is 1.56 bits per heavy atom. The van der Waals surface area contributed by atoms with E-state index in [-0.39, 0.29) is 5.91 Å². The number of thiophene rings is 1. The fourth-order valence-electron chi connectivity index (χ4n) is 1.45. The summed E-state index contributed by atoms with van der Waals surface area (Å²) in [6, 6.07) is 2.47. The zero-order valence-corrected chi connectivity index (χ0v) is 13.8. The molecule has 0 bridgehead atoms. The van der Waals surface area contributed by atoms with Crippen molar-refractivity contribution in [1.82, 2.24) is 10.2 Å². The lowest BCUT2D eigenvalue weighted by atomic mass is 10.3. The molecule has 0 saturated carbocycles. The van der Waals surface area contributed by atoms with E-state index < -0.39 is 0 Å². The second-order valence-electron chi connectivity index (χ2n) is 4.75. The predicted octanol–water partition coefficient (Wildman–Crippen LogP) is 3.28. The summed E-state index contributed by atoms with van der Waals surface area (Å²) >= 11 is 4.92. The van der Waals surface area contributed by atoms with Crippen LogP contribution < -0.4 is 5.32 Å². The lowest BCUT2D eigenvalue weighted by Gasteiger charge is -2.20. The summed E-state index contributed by atoms with van der Waals surface area (Å²) in [6.45, 7) is 8.07. The molecule has 1 rings (SSSR count). The highest BCUT2D eigenvalue weighted by Gasteiger charge is 2.10. The fraction of sp³-hybridized carbons (Fsp3) is 0.615. The van der Waals surface area contributed by atoms with Crippen LogP contribution in [0.3, 0.4) is 0 Å². The van der Waals surface area contributed by atoms with Crippen LogP contribution in [0.15, 0.2) is 9.85 Å². The molecule has 1 aromatic heterocycles. The summed E-state index contributed by atoms with van der Waals surface area (Å²) in [4.78, 5) is 14.9. The van der Waals surface area contributed by atoms with Gasteiger partial charge in [0, 0.05) is 12.6 Å². The Balaban J connectivity index is 2.30. The molecule has 0 saturated heterocycles. The molecule has 1 N–H and O–H groups in total. The SMILES string of the molecule is Cc1cc(C(=O)NCCCN(C)C(C)C)sc1Br. The van der Waals surface area contributed by atoms with Gasteiger partial charge >= 0.3 is 0 Å². The summed E-state index contributed by atoms with van der Waals surface area (Å²) in [5.74, 6) is 0.0287. The summed E-state index contributed by atoms with van der Waals surface area (Å²) in [7, 11) is 2.10. The van der Waals surface area contributed by atoms with Crippen molar-refractivity contribution < 1.29 is 4.79 Å². The second-order valence-corrected chi connectivity index (χ2v) is 7.12. The fourth-order valence-corrected chi connectivity index (χ4v) is 2.90. The molecule has 1 heterocycles. The molecule has 0 aliphatic rings. The first kappa shape index (κ1) is 15.7. The Hall–Kier alpha value is -0.390. The average molecular weight is 333 g/mol. The Morgan fingerprint density at radius 3 is 2.72 bits per heavy atom. The van der Waals surface area contributed by atoms with E-state index >= 15 is 0 Å². The van der Waals surface area contributed by atoms with Gasteiger partial charge in [0.25, 0.3) is 5.91 Å². The molecule has 3 nitrogen and oxygen atoms in total. The van der Waals surface area contributed by atoms with Crippen LogP contribution in [0.25, 0.3) is 0 Å². The Morgan fingerprint density at radius 2 is 2.22 bits per heavy atom. The molecule has 0 aliphatic carbocycles. The van der Waals surface area contributed by atoms with Crippen molar-refractivity contribution in [2.24, 2.45) is 0 Å². The molecule has 5 heteroatoms. The predicted molar refractivity (Wildman–Crippen MR) is 81.5 cm³/mol. The van der Waals surface area contributed by atoms with Gasteiger partial charge in [-0.2, -0.15) is 0 Å². The topological polar surface area (TPSA) is 32.3 Å². The minimum atomic E-state index is 0.0287. The Labute approximate surface area is 122 Å². The first-order valence-electron chi connectivity index (χ1n) is 6.16. The molecule has 1 aromatic rings. The van der Waals surface area contributed by atoms with Gasteiger partial charge in [0.1, 0.15) is 0 Å². The summed E-state index contributed by atoms with van der Waals surface area (Å²) < 4.78 is 1.03. The molecule has 1 amide bonds. The molecule has 0 unspecified atom stereocenters. The standard InChI is InChI=1S/C13H21BrN2OS/c1-9(2)16(4)7-5-6-15-13(17)11-8-10(3)12(14)18-11/h8-9H,5-7H2,1-4H3,(H,15,17). The number of nitrogens with zero attached hydrogens (tertiary/aromatic N) is 1. The van der Waals surface area contributed by atoms with Crippen LogP contribution in [0, 0.1) is 6.92 Å². The van der Waals surface area contributed by atoms with Crippen LogP contribution in [-0.4, -0.2) is 37.0 Å². The summed E-state index contributed by atoms with van der Waals surface area (Å²) in [5.41, 5.74) is 1.12. The quantitative estimate of drug-likeness (QED) is 0.811. The molecule has 0 aliphatic heterocycles. The van der Waals surface area contributed by atoms with Gasteiger partial charge in [0.2, 0.25) is 0 Å². The van der Waals surface area contributed by atoms with E-state index in [4.69, 9.17) is 0 Å². The average Bonchev–Trinajstić information content (AvgIpc) is 2.64. The Kier molecular flexibility index (Phi) is 6.32. The van der Waals surface area contributed by atoms with Crippen molar-refractivity contribution in [2.45, 2.75) is 33.2 Å². The van der Waals surface area contributed by atoms with E-state index in [2.05, 4.69) is 47.0 Å². The van der Waals surface area contributed by atoms with Crippen molar-refractivity contribution in [3.05, 3.63) is 20.3 Å². The monoisotopic (exact) mass is 332 g/mol. The van der Waals surface area contributed by atoms with Gasteiger partial charge in [-0.1, -0.05) is 0 Å². The maximum Gasteiger partial charge on any atom is 0.261 e. The molecule has 102 valence electrons. The highest BCUT2D eigenvalue weighted by atomic mass is 79.9. The number of rotatable bonds is 6. The third-order valence-electron chi connectivity index (χ3n) is 2.94. The molecule has 0 fully saturated rings. The van der Waals surface area contributed by atoms with Crippen LogP contribution in [0.4, 0.5) is 0 Å². The number of hydrogen-bond acceptors (Lipinski definition) is 3. The molecule has 0 aromatic carbocycles. The number of carbonyl (C=O) groups excluding carboxylic acids is 1. The largest absolute Gasteiger partial charge is 0.351 e. The molecule has 0 spiro atoms. The van der Waals surface area contributed by atoms with Crippen molar-refractivity contribution in [3.8, 4) is 0 Å². The zero-order chi connectivity index (χ0) is 13.7. The van der Waals surface area contributed by atoms with E-state index in [1.54, 1.807) is 0 Å². The van der Waals surface area contributed by atoms with Gasteiger partial charge in [-0.25, -0.2) is 0 Å². The lowest BCUT2D eigenvalue weighted by Crippen LogP contribution is -2.31. The number of nitrogens with one attached hydrogen (secondary N) is 1. The van der Waals surface area contributed by atoms with Crippen LogP contribution in [0.5, 0.6) is 0 Å². The van der Waals surface area contributed by atoms with E-state index in [1.807, 2.05) is 13.0 Å². The van der Waals surface area contributed by atoms with Gasteiger partial charge in [0.05, 0.1) is 8.66 Å². The third kappa shape index (κ3) is 4.71. The van der Waals surface area contributed by atoms with E-state index in [9.17, 15) is 4.79 Å². The highest BCUT2D eigenvalue weighted by molar-refractivity contribution is 9.11. The maximum absolute atomic E-state index is 11.9. The lowest BCUT2D eigenvalue weighted by molar-refractivity contribution is 0.0955. The van der Waals surface area contributed by atoms with Crippen LogP contribution >= 0.6 is 27.3 Å². The zero-order valence-electron chi connectivity index (χ0n) is 11.4. The number of carbonyl (C=O) groups is 1. The van der Waals surface area contributed by atoms with Crippen molar-refractivity contribution in [2.75, 3.05) is 20.1 Å². The summed E-state index contributed by atoms with van der Waals surface area (Å²) in [5, 5.41) is 2.96. The van der Waals surface area contributed by atoms with Gasteiger partial charge in [-0.05, 0) is 68.3 Å². The van der Waals surface area contributed by atoms with E-state index in [1.165, 1.54) is 11.3 Å².